The SMILES string of the molecule is CCN(CC)S(=O)(=O)c1cc(C(=O)Nc2ccc(Cl)c(C#N)c2)ccc1Cl. The van der Waals surface area contributed by atoms with E-state index in [0.717, 1.165) is 0 Å². The van der Waals surface area contributed by atoms with Gasteiger partial charge in [0, 0.05) is 24.3 Å². The van der Waals surface area contributed by atoms with E-state index in [4.69, 9.17) is 28.5 Å². The van der Waals surface area contributed by atoms with Crippen molar-refractivity contribution in [3.63, 3.8) is 0 Å². The first-order chi connectivity index (χ1) is 12.7. The minimum Gasteiger partial charge on any atom is -0.322 e. The summed E-state index contributed by atoms with van der Waals surface area (Å²) in [4.78, 5) is 12.4. The maximum Gasteiger partial charge on any atom is 0.255 e. The lowest BCUT2D eigenvalue weighted by molar-refractivity contribution is 0.102. The van der Waals surface area contributed by atoms with E-state index in [2.05, 4.69) is 5.32 Å². The normalized spacial score (nSPS) is 11.3. The van der Waals surface area contributed by atoms with Gasteiger partial charge in [0.1, 0.15) is 11.0 Å². The van der Waals surface area contributed by atoms with Crippen LogP contribution in [0.25, 0.3) is 0 Å². The van der Waals surface area contributed by atoms with Crippen molar-refractivity contribution < 1.29 is 13.2 Å². The van der Waals surface area contributed by atoms with E-state index in [1.54, 1.807) is 19.9 Å². The van der Waals surface area contributed by atoms with Crippen LogP contribution in [-0.2, 0) is 10.0 Å². The molecule has 0 aliphatic carbocycles. The minimum absolute atomic E-state index is 0.0386. The highest BCUT2D eigenvalue weighted by molar-refractivity contribution is 7.89. The Balaban J connectivity index is 2.38. The summed E-state index contributed by atoms with van der Waals surface area (Å²) in [5, 5.41) is 11.9. The molecule has 9 heteroatoms. The molecule has 142 valence electrons. The second-order valence-electron chi connectivity index (χ2n) is 5.50. The van der Waals surface area contributed by atoms with Crippen LogP contribution in [0.4, 0.5) is 5.69 Å². The quantitative estimate of drug-likeness (QED) is 0.752. The number of nitriles is 1. The third-order valence-corrected chi connectivity index (χ3v) is 6.72. The monoisotopic (exact) mass is 425 g/mol. The van der Waals surface area contributed by atoms with Gasteiger partial charge in [-0.05, 0) is 36.4 Å². The molecule has 0 spiro atoms. The highest BCUT2D eigenvalue weighted by Gasteiger charge is 2.25. The van der Waals surface area contributed by atoms with Crippen molar-refractivity contribution in [2.45, 2.75) is 18.7 Å². The molecular weight excluding hydrogens is 409 g/mol. The average molecular weight is 426 g/mol. The Labute approximate surface area is 168 Å². The highest BCUT2D eigenvalue weighted by atomic mass is 35.5. The lowest BCUT2D eigenvalue weighted by Crippen LogP contribution is -2.31. The highest BCUT2D eigenvalue weighted by Crippen LogP contribution is 2.26. The molecule has 0 saturated carbocycles. The molecule has 2 aromatic rings. The van der Waals surface area contributed by atoms with Crippen molar-refractivity contribution >= 4 is 44.8 Å². The Morgan fingerprint density at radius 2 is 1.74 bits per heavy atom. The predicted octanol–water partition coefficient (Wildman–Crippen LogP) is 4.15. The van der Waals surface area contributed by atoms with Crippen LogP contribution in [-0.4, -0.2) is 31.7 Å². The van der Waals surface area contributed by atoms with Gasteiger partial charge in [0.25, 0.3) is 5.91 Å². The molecule has 2 aromatic carbocycles. The summed E-state index contributed by atoms with van der Waals surface area (Å²) in [6, 6.07) is 10.4. The fourth-order valence-corrected chi connectivity index (χ4v) is 4.56. The van der Waals surface area contributed by atoms with E-state index in [0.29, 0.717) is 5.69 Å². The number of sulfonamides is 1. The first-order valence-corrected chi connectivity index (χ1v) is 10.2. The number of amides is 1. The van der Waals surface area contributed by atoms with Crippen molar-refractivity contribution in [3.8, 4) is 6.07 Å². The molecule has 6 nitrogen and oxygen atoms in total. The zero-order chi connectivity index (χ0) is 20.2. The average Bonchev–Trinajstić information content (AvgIpc) is 2.64. The van der Waals surface area contributed by atoms with Gasteiger partial charge in [-0.1, -0.05) is 37.0 Å². The zero-order valence-electron chi connectivity index (χ0n) is 14.7. The van der Waals surface area contributed by atoms with Gasteiger partial charge in [0.2, 0.25) is 10.0 Å². The van der Waals surface area contributed by atoms with Crippen LogP contribution in [0.3, 0.4) is 0 Å². The van der Waals surface area contributed by atoms with Gasteiger partial charge >= 0.3 is 0 Å². The molecule has 0 atom stereocenters. The molecule has 0 radical (unpaired) electrons. The summed E-state index contributed by atoms with van der Waals surface area (Å²) in [5.41, 5.74) is 0.706. The molecular formula is C18H17Cl2N3O3S. The summed E-state index contributed by atoms with van der Waals surface area (Å²) in [7, 11) is -3.82. The van der Waals surface area contributed by atoms with Crippen LogP contribution < -0.4 is 5.32 Å². The van der Waals surface area contributed by atoms with Gasteiger partial charge in [-0.2, -0.15) is 9.57 Å². The molecule has 27 heavy (non-hydrogen) atoms. The number of nitrogens with zero attached hydrogens (tertiary/aromatic N) is 2. The van der Waals surface area contributed by atoms with Crippen LogP contribution in [0.1, 0.15) is 29.8 Å². The van der Waals surface area contributed by atoms with E-state index in [1.807, 2.05) is 6.07 Å². The maximum absolute atomic E-state index is 12.7. The Hall–Kier alpha value is -2.11. The molecule has 0 fully saturated rings. The third-order valence-electron chi connectivity index (χ3n) is 3.86. The van der Waals surface area contributed by atoms with Gasteiger partial charge in [-0.25, -0.2) is 8.42 Å². The first kappa shape index (κ1) is 21.2. The number of anilines is 1. The summed E-state index contributed by atoms with van der Waals surface area (Å²) in [6.07, 6.45) is 0. The zero-order valence-corrected chi connectivity index (χ0v) is 17.0. The summed E-state index contributed by atoms with van der Waals surface area (Å²) in [6.45, 7) is 4.01. The maximum atomic E-state index is 12.7. The van der Waals surface area contributed by atoms with Crippen molar-refractivity contribution in [1.82, 2.24) is 4.31 Å². The molecule has 0 bridgehead atoms. The third kappa shape index (κ3) is 4.60. The van der Waals surface area contributed by atoms with Crippen molar-refractivity contribution in [2.24, 2.45) is 0 Å². The Kier molecular flexibility index (Phi) is 6.84. The fraction of sp³-hybridized carbons (Fsp3) is 0.222. The number of halogens is 2. The summed E-state index contributed by atoms with van der Waals surface area (Å²) in [5.74, 6) is -0.533. The van der Waals surface area contributed by atoms with E-state index < -0.39 is 15.9 Å². The Bertz CT molecular complexity index is 1010. The van der Waals surface area contributed by atoms with Crippen molar-refractivity contribution in [1.29, 1.82) is 5.26 Å². The van der Waals surface area contributed by atoms with Crippen LogP contribution in [0, 0.1) is 11.3 Å². The lowest BCUT2D eigenvalue weighted by atomic mass is 10.2. The van der Waals surface area contributed by atoms with Gasteiger partial charge in [0.05, 0.1) is 15.6 Å². The van der Waals surface area contributed by atoms with Crippen molar-refractivity contribution in [3.05, 3.63) is 57.6 Å². The summed E-state index contributed by atoms with van der Waals surface area (Å²) < 4.78 is 26.7. The van der Waals surface area contributed by atoms with E-state index in [1.165, 1.54) is 34.6 Å². The largest absolute Gasteiger partial charge is 0.322 e. The second-order valence-corrected chi connectivity index (χ2v) is 8.22. The number of hydrogen-bond acceptors (Lipinski definition) is 4. The number of carbonyl (C=O) groups excluding carboxylic acids is 1. The number of benzene rings is 2. The molecule has 1 amide bonds. The predicted molar refractivity (Wildman–Crippen MR) is 106 cm³/mol. The van der Waals surface area contributed by atoms with E-state index >= 15 is 0 Å². The molecule has 0 aromatic heterocycles. The molecule has 1 N–H and O–H groups in total. The van der Waals surface area contributed by atoms with Crippen molar-refractivity contribution in [2.75, 3.05) is 18.4 Å². The molecule has 0 heterocycles. The summed E-state index contributed by atoms with van der Waals surface area (Å²) >= 11 is 11.9. The number of hydrogen-bond donors (Lipinski definition) is 1. The fourth-order valence-electron chi connectivity index (χ4n) is 2.44. The minimum atomic E-state index is -3.82. The van der Waals surface area contributed by atoms with Crippen LogP contribution in [0.5, 0.6) is 0 Å². The van der Waals surface area contributed by atoms with Gasteiger partial charge in [0.15, 0.2) is 0 Å². The smallest absolute Gasteiger partial charge is 0.255 e. The molecule has 0 aliphatic rings. The number of rotatable bonds is 6. The van der Waals surface area contributed by atoms with Gasteiger partial charge < -0.3 is 5.32 Å². The van der Waals surface area contributed by atoms with Gasteiger partial charge in [-0.15, -0.1) is 0 Å². The Morgan fingerprint density at radius 3 is 2.33 bits per heavy atom. The molecule has 2 rings (SSSR count). The molecule has 0 unspecified atom stereocenters. The van der Waals surface area contributed by atoms with Crippen LogP contribution >= 0.6 is 23.2 Å². The lowest BCUT2D eigenvalue weighted by Gasteiger charge is -2.19. The van der Waals surface area contributed by atoms with Crippen LogP contribution in [0.15, 0.2) is 41.3 Å². The van der Waals surface area contributed by atoms with Gasteiger partial charge in [-0.3, -0.25) is 4.79 Å². The first-order valence-electron chi connectivity index (χ1n) is 8.05. The number of nitrogens with one attached hydrogen (secondary N) is 1. The second kappa shape index (κ2) is 8.72. The van der Waals surface area contributed by atoms with Crippen LogP contribution in [0.2, 0.25) is 10.0 Å². The molecule has 0 saturated heterocycles. The number of carbonyl (C=O) groups is 1. The topological polar surface area (TPSA) is 90.3 Å². The Morgan fingerprint density at radius 1 is 1.11 bits per heavy atom. The molecule has 0 aliphatic heterocycles. The standard InChI is InChI=1S/C18H17Cl2N3O3S/c1-3-23(4-2)27(25,26)17-10-12(5-7-16(17)20)18(24)22-14-6-8-15(19)13(9-14)11-21/h5-10H,3-4H2,1-2H3,(H,22,24). The van der Waals surface area contributed by atoms with E-state index in [-0.39, 0.29) is 39.2 Å². The van der Waals surface area contributed by atoms with E-state index in [9.17, 15) is 13.2 Å².